The predicted molar refractivity (Wildman–Crippen MR) is 113 cm³/mol. The van der Waals surface area contributed by atoms with Crippen LogP contribution in [0.4, 0.5) is 5.69 Å². The molecule has 1 aliphatic heterocycles. The van der Waals surface area contributed by atoms with Crippen LogP contribution in [0.25, 0.3) is 6.08 Å². The van der Waals surface area contributed by atoms with Gasteiger partial charge in [0.15, 0.2) is 11.5 Å². The molecule has 4 rings (SSSR count). The van der Waals surface area contributed by atoms with Gasteiger partial charge in [0.25, 0.3) is 0 Å². The number of anilines is 1. The summed E-state index contributed by atoms with van der Waals surface area (Å²) in [5.74, 6) is 2.49. The van der Waals surface area contributed by atoms with Gasteiger partial charge in [0.1, 0.15) is 6.10 Å². The van der Waals surface area contributed by atoms with E-state index in [9.17, 15) is 5.26 Å². The first kappa shape index (κ1) is 18.9. The van der Waals surface area contributed by atoms with Crippen LogP contribution in [0.3, 0.4) is 0 Å². The Morgan fingerprint density at radius 2 is 2.03 bits per heavy atom. The Morgan fingerprint density at radius 3 is 2.69 bits per heavy atom. The molecule has 5 heteroatoms. The fourth-order valence-electron chi connectivity index (χ4n) is 3.55. The first-order valence-electron chi connectivity index (χ1n) is 9.77. The van der Waals surface area contributed by atoms with Crippen molar-refractivity contribution in [2.45, 2.75) is 25.4 Å². The summed E-state index contributed by atoms with van der Waals surface area (Å²) in [7, 11) is 3.24. The lowest BCUT2D eigenvalue weighted by Crippen LogP contribution is -2.20. The molecule has 148 valence electrons. The zero-order chi connectivity index (χ0) is 20.2. The summed E-state index contributed by atoms with van der Waals surface area (Å²) in [5, 5.41) is 12.8. The quantitative estimate of drug-likeness (QED) is 0.680. The number of hydrogen-bond acceptors (Lipinski definition) is 5. The molecule has 1 N–H and O–H groups in total. The second-order valence-electron chi connectivity index (χ2n) is 7.26. The zero-order valence-corrected chi connectivity index (χ0v) is 16.6. The molecular weight excluding hydrogens is 364 g/mol. The number of rotatable bonds is 7. The first-order chi connectivity index (χ1) is 14.2. The maximum absolute atomic E-state index is 9.66. The number of ether oxygens (including phenoxy) is 3. The standard InChI is InChI=1S/C24H24N2O3/c1-27-22-13-18(12-16(14-25)15-26-19-6-4-3-5-7-19)20-10-11-21(17-8-9-17)29-23(20)24(22)28-2/h3-7,10-11,13,15,17,21,26H,8-9,12H2,1-2H3/b16-15-. The molecular formula is C24H24N2O3. The molecule has 1 saturated carbocycles. The van der Waals surface area contributed by atoms with Gasteiger partial charge in [-0.05, 0) is 48.6 Å². The van der Waals surface area contributed by atoms with Crippen LogP contribution in [0, 0.1) is 17.2 Å². The van der Waals surface area contributed by atoms with Gasteiger partial charge in [-0.2, -0.15) is 5.26 Å². The van der Waals surface area contributed by atoms with E-state index in [0.29, 0.717) is 35.2 Å². The molecule has 1 heterocycles. The highest BCUT2D eigenvalue weighted by Crippen LogP contribution is 2.48. The van der Waals surface area contributed by atoms with Crippen molar-refractivity contribution >= 4 is 11.8 Å². The summed E-state index contributed by atoms with van der Waals surface area (Å²) < 4.78 is 17.4. The second kappa shape index (κ2) is 8.32. The highest BCUT2D eigenvalue weighted by molar-refractivity contribution is 5.72. The van der Waals surface area contributed by atoms with Gasteiger partial charge in [-0.15, -0.1) is 0 Å². The topological polar surface area (TPSA) is 63.5 Å². The van der Waals surface area contributed by atoms with Crippen molar-refractivity contribution in [2.75, 3.05) is 19.5 Å². The summed E-state index contributed by atoms with van der Waals surface area (Å²) in [6.45, 7) is 0. The summed E-state index contributed by atoms with van der Waals surface area (Å²) in [4.78, 5) is 0. The minimum atomic E-state index is 0.0714. The lowest BCUT2D eigenvalue weighted by Gasteiger charge is -2.26. The molecule has 1 atom stereocenters. The summed E-state index contributed by atoms with van der Waals surface area (Å²) in [6, 6.07) is 14.0. The van der Waals surface area contributed by atoms with Crippen LogP contribution in [0.1, 0.15) is 24.0 Å². The Morgan fingerprint density at radius 1 is 1.24 bits per heavy atom. The predicted octanol–water partition coefficient (Wildman–Crippen LogP) is 4.95. The van der Waals surface area contributed by atoms with E-state index in [-0.39, 0.29) is 6.10 Å². The van der Waals surface area contributed by atoms with Crippen molar-refractivity contribution in [3.8, 4) is 23.3 Å². The molecule has 2 aliphatic rings. The van der Waals surface area contributed by atoms with Gasteiger partial charge in [0.2, 0.25) is 5.75 Å². The van der Waals surface area contributed by atoms with Crippen molar-refractivity contribution in [2.24, 2.45) is 5.92 Å². The van der Waals surface area contributed by atoms with Crippen LogP contribution in [0.2, 0.25) is 0 Å². The smallest absolute Gasteiger partial charge is 0.203 e. The Labute approximate surface area is 171 Å². The normalized spacial score (nSPS) is 17.7. The van der Waals surface area contributed by atoms with Crippen molar-refractivity contribution in [1.82, 2.24) is 0 Å². The Balaban J connectivity index is 1.66. The number of allylic oxidation sites excluding steroid dienone is 1. The van der Waals surface area contributed by atoms with Crippen LogP contribution in [-0.4, -0.2) is 20.3 Å². The van der Waals surface area contributed by atoms with E-state index in [0.717, 1.165) is 16.8 Å². The fraction of sp³-hybridized carbons (Fsp3) is 0.292. The minimum absolute atomic E-state index is 0.0714. The van der Waals surface area contributed by atoms with Gasteiger partial charge < -0.3 is 19.5 Å². The van der Waals surface area contributed by atoms with Gasteiger partial charge in [-0.25, -0.2) is 0 Å². The number of benzene rings is 2. The third kappa shape index (κ3) is 4.07. The fourth-order valence-corrected chi connectivity index (χ4v) is 3.55. The molecule has 0 spiro atoms. The summed E-state index contributed by atoms with van der Waals surface area (Å²) in [6.07, 6.45) is 8.87. The third-order valence-electron chi connectivity index (χ3n) is 5.25. The molecule has 0 saturated heterocycles. The van der Waals surface area contributed by atoms with Crippen molar-refractivity contribution < 1.29 is 14.2 Å². The highest BCUT2D eigenvalue weighted by Gasteiger charge is 2.35. The van der Waals surface area contributed by atoms with Crippen molar-refractivity contribution in [3.05, 3.63) is 65.4 Å². The molecule has 0 aromatic heterocycles. The molecule has 1 fully saturated rings. The molecule has 0 radical (unpaired) electrons. The zero-order valence-electron chi connectivity index (χ0n) is 16.6. The highest BCUT2D eigenvalue weighted by atomic mass is 16.5. The van der Waals surface area contributed by atoms with Gasteiger partial charge in [0, 0.05) is 29.4 Å². The third-order valence-corrected chi connectivity index (χ3v) is 5.25. The van der Waals surface area contributed by atoms with E-state index in [1.54, 1.807) is 20.4 Å². The average Bonchev–Trinajstić information content (AvgIpc) is 3.62. The van der Waals surface area contributed by atoms with Crippen LogP contribution in [-0.2, 0) is 6.42 Å². The molecule has 1 unspecified atom stereocenters. The molecule has 1 aliphatic carbocycles. The first-order valence-corrected chi connectivity index (χ1v) is 9.77. The van der Waals surface area contributed by atoms with Gasteiger partial charge in [0.05, 0.1) is 20.3 Å². The maximum Gasteiger partial charge on any atom is 0.203 e. The van der Waals surface area contributed by atoms with Gasteiger partial charge >= 0.3 is 0 Å². The molecule has 29 heavy (non-hydrogen) atoms. The van der Waals surface area contributed by atoms with Crippen LogP contribution < -0.4 is 19.5 Å². The monoisotopic (exact) mass is 388 g/mol. The van der Waals surface area contributed by atoms with Crippen LogP contribution in [0.15, 0.2) is 54.2 Å². The number of para-hydroxylation sites is 1. The van der Waals surface area contributed by atoms with Gasteiger partial charge in [-0.1, -0.05) is 24.3 Å². The number of hydrogen-bond donors (Lipinski definition) is 1. The Hall–Kier alpha value is -3.39. The molecule has 0 amide bonds. The van der Waals surface area contributed by atoms with Crippen molar-refractivity contribution in [3.63, 3.8) is 0 Å². The van der Waals surface area contributed by atoms with E-state index in [2.05, 4.69) is 23.5 Å². The molecule has 2 aromatic rings. The van der Waals surface area contributed by atoms with E-state index in [1.807, 2.05) is 36.4 Å². The minimum Gasteiger partial charge on any atom is -0.493 e. The van der Waals surface area contributed by atoms with E-state index < -0.39 is 0 Å². The largest absolute Gasteiger partial charge is 0.493 e. The van der Waals surface area contributed by atoms with E-state index in [4.69, 9.17) is 14.2 Å². The van der Waals surface area contributed by atoms with E-state index >= 15 is 0 Å². The number of methoxy groups -OCH3 is 2. The lowest BCUT2D eigenvalue weighted by atomic mass is 9.96. The molecule has 2 aromatic carbocycles. The second-order valence-corrected chi connectivity index (χ2v) is 7.26. The SMILES string of the molecule is COc1cc(C/C(C#N)=C/Nc2ccccc2)c2c(c1OC)OC(C1CC1)C=C2. The molecule has 5 nitrogen and oxygen atoms in total. The average molecular weight is 388 g/mol. The number of fused-ring (bicyclic) bond motifs is 1. The summed E-state index contributed by atoms with van der Waals surface area (Å²) in [5.41, 5.74) is 3.46. The van der Waals surface area contributed by atoms with Crippen molar-refractivity contribution in [1.29, 1.82) is 5.26 Å². The van der Waals surface area contributed by atoms with E-state index in [1.165, 1.54) is 12.8 Å². The Bertz CT molecular complexity index is 985. The maximum atomic E-state index is 9.66. The molecule has 0 bridgehead atoms. The number of nitrogens with one attached hydrogen (secondary N) is 1. The number of nitrogens with zero attached hydrogens (tertiary/aromatic N) is 1. The lowest BCUT2D eigenvalue weighted by molar-refractivity contribution is 0.209. The van der Waals surface area contributed by atoms with Gasteiger partial charge in [-0.3, -0.25) is 0 Å². The number of nitriles is 1. The van der Waals surface area contributed by atoms with Crippen LogP contribution >= 0.6 is 0 Å². The Kier molecular flexibility index (Phi) is 5.44. The van der Waals surface area contributed by atoms with Crippen LogP contribution in [0.5, 0.6) is 17.2 Å². The summed E-state index contributed by atoms with van der Waals surface area (Å²) >= 11 is 0.